The maximum Gasteiger partial charge on any atom is 0.357 e. The molecule has 0 spiro atoms. The molecule has 1 saturated heterocycles. The lowest BCUT2D eigenvalue weighted by Gasteiger charge is -2.42. The lowest BCUT2D eigenvalue weighted by atomic mass is 10.3. The number of unbranched alkanes of at least 4 members (excludes halogenated alkanes) is 4. The van der Waals surface area contributed by atoms with Gasteiger partial charge in [-0.3, -0.25) is 56.1 Å². The lowest BCUT2D eigenvalue weighted by molar-refractivity contribution is 0.107. The fraction of sp³-hybridized carbons (Fsp3) is 1.00. The predicted molar refractivity (Wildman–Crippen MR) is 232 cm³/mol. The summed E-state index contributed by atoms with van der Waals surface area (Å²) in [5, 5.41) is 0. The van der Waals surface area contributed by atoms with Crippen LogP contribution in [-0.2, 0) is 54.6 Å². The topological polar surface area (TPSA) is 429 Å². The summed E-state index contributed by atoms with van der Waals surface area (Å²) in [6, 6.07) is 0. The van der Waals surface area contributed by atoms with Crippen molar-refractivity contribution in [1.82, 2.24) is 19.6 Å². The molecule has 1 aliphatic rings. The maximum absolute atomic E-state index is 13.7. The highest BCUT2D eigenvalue weighted by molar-refractivity contribution is 7.72. The van der Waals surface area contributed by atoms with Gasteiger partial charge in [0.05, 0.1) is 26.4 Å². The number of hydrogen-bond donors (Lipinski definition) is 12. The Morgan fingerprint density at radius 1 is 0.328 bits per heavy atom. The van der Waals surface area contributed by atoms with Gasteiger partial charge >= 0.3 is 60.8 Å². The van der Waals surface area contributed by atoms with E-state index in [2.05, 4.69) is 0 Å². The van der Waals surface area contributed by atoms with Crippen molar-refractivity contribution >= 4 is 60.8 Å². The molecule has 1 fully saturated rings. The van der Waals surface area contributed by atoms with E-state index in [0.29, 0.717) is 45.3 Å². The molecule has 8 atom stereocenters. The zero-order valence-electron chi connectivity index (χ0n) is 36.1. The van der Waals surface area contributed by atoms with Gasteiger partial charge in [0, 0.05) is 52.4 Å². The number of hydrogen-bond acceptors (Lipinski definition) is 16. The molecule has 0 aromatic rings. The molecule has 28 nitrogen and oxygen atoms in total. The Hall–Kier alpha value is 1.04. The van der Waals surface area contributed by atoms with Gasteiger partial charge in [0.25, 0.3) is 0 Å². The van der Waals surface area contributed by atoms with E-state index < -0.39 is 162 Å². The van der Waals surface area contributed by atoms with Crippen molar-refractivity contribution in [3.05, 3.63) is 0 Å². The first kappa shape index (κ1) is 63.1. The molecule has 0 radical (unpaired) electrons. The van der Waals surface area contributed by atoms with Crippen molar-refractivity contribution in [3.63, 3.8) is 0 Å². The zero-order chi connectivity index (χ0) is 49.6. The van der Waals surface area contributed by atoms with Crippen molar-refractivity contribution in [1.29, 1.82) is 0 Å². The molecule has 64 heavy (non-hydrogen) atoms. The summed E-state index contributed by atoms with van der Waals surface area (Å²) in [7, 11) is -45.7. The molecule has 0 aliphatic carbocycles. The summed E-state index contributed by atoms with van der Waals surface area (Å²) >= 11 is 0. The van der Waals surface area contributed by atoms with Crippen LogP contribution in [0.25, 0.3) is 0 Å². The van der Waals surface area contributed by atoms with E-state index >= 15 is 0 Å². The van der Waals surface area contributed by atoms with Gasteiger partial charge in [-0.2, -0.15) is 0 Å². The lowest BCUT2D eigenvalue weighted by Crippen LogP contribution is -2.53. The first-order valence-corrected chi connectivity index (χ1v) is 33.5. The monoisotopic (exact) mass is 1090 g/mol. The molecular formula is C28H68N4O24P8. The fourth-order valence-electron chi connectivity index (χ4n) is 6.46. The molecule has 0 amide bonds. The number of rotatable bonds is 28. The van der Waals surface area contributed by atoms with E-state index in [0.717, 1.165) is 0 Å². The Balaban J connectivity index is 4.39. The third-order valence-electron chi connectivity index (χ3n) is 9.47. The largest absolute Gasteiger partial charge is 0.357 e. The SMILES string of the molecule is CCCCOP(=O)(O)C(N1CCN(C(P(=O)(O)O)P(=O)(O)OCCCC)CCN(C(P(=O)(O)O)P(=O)(O)OCCCC)CCN(C(P(=O)(O)O)P(=O)(O)OCCCC)CC1)P(=O)(O)O. The number of nitrogens with zero attached hydrogens (tertiary/aromatic N) is 4. The molecule has 0 saturated carbocycles. The summed E-state index contributed by atoms with van der Waals surface area (Å²) in [4.78, 5) is 131. The van der Waals surface area contributed by atoms with Gasteiger partial charge in [-0.1, -0.05) is 53.4 Å². The van der Waals surface area contributed by atoms with Gasteiger partial charge in [-0.15, -0.1) is 0 Å². The average Bonchev–Trinajstić information content (AvgIpc) is 3.09. The van der Waals surface area contributed by atoms with Crippen molar-refractivity contribution in [3.8, 4) is 0 Å². The van der Waals surface area contributed by atoms with E-state index in [9.17, 15) is 95.2 Å². The molecule has 8 unspecified atom stereocenters. The van der Waals surface area contributed by atoms with Gasteiger partial charge in [0.2, 0.25) is 22.1 Å². The van der Waals surface area contributed by atoms with Crippen molar-refractivity contribution in [2.24, 2.45) is 0 Å². The Bertz CT molecular complexity index is 1560. The van der Waals surface area contributed by atoms with E-state index in [-0.39, 0.29) is 25.7 Å². The van der Waals surface area contributed by atoms with Crippen molar-refractivity contribution in [2.45, 2.75) is 101 Å². The van der Waals surface area contributed by atoms with Crippen LogP contribution in [0.5, 0.6) is 0 Å². The molecule has 1 aliphatic heterocycles. The van der Waals surface area contributed by atoms with Gasteiger partial charge in [0.1, 0.15) is 0 Å². The summed E-state index contributed by atoms with van der Waals surface area (Å²) in [6.07, 6.45) is 1.94. The van der Waals surface area contributed by atoms with E-state index in [1.807, 2.05) is 0 Å². The zero-order valence-corrected chi connectivity index (χ0v) is 43.2. The van der Waals surface area contributed by atoms with Crippen LogP contribution in [0.15, 0.2) is 0 Å². The average molecular weight is 1090 g/mol. The second-order valence-electron chi connectivity index (χ2n) is 14.9. The van der Waals surface area contributed by atoms with Crippen LogP contribution in [0, 0.1) is 0 Å². The molecule has 384 valence electrons. The van der Waals surface area contributed by atoms with E-state index in [1.54, 1.807) is 27.7 Å². The molecule has 0 aromatic heterocycles. The quantitative estimate of drug-likeness (QED) is 0.0395. The van der Waals surface area contributed by atoms with Crippen LogP contribution in [-0.4, -0.2) is 179 Å². The second kappa shape index (κ2) is 27.0. The summed E-state index contributed by atoms with van der Waals surface area (Å²) in [5.41, 5.74) is -11.4. The highest BCUT2D eigenvalue weighted by Gasteiger charge is 2.56. The first-order chi connectivity index (χ1) is 29.2. The minimum absolute atomic E-state index is 0.109. The Morgan fingerprint density at radius 2 is 0.469 bits per heavy atom. The van der Waals surface area contributed by atoms with Gasteiger partial charge < -0.3 is 76.8 Å². The summed E-state index contributed by atoms with van der Waals surface area (Å²) < 4.78 is 128. The van der Waals surface area contributed by atoms with Crippen LogP contribution in [0.4, 0.5) is 0 Å². The highest BCUT2D eigenvalue weighted by Crippen LogP contribution is 2.68. The molecule has 1 heterocycles. The first-order valence-electron chi connectivity index (χ1n) is 20.2. The van der Waals surface area contributed by atoms with Crippen LogP contribution in [0.1, 0.15) is 79.1 Å². The molecule has 12 N–H and O–H groups in total. The van der Waals surface area contributed by atoms with Gasteiger partial charge in [-0.05, 0) is 25.7 Å². The van der Waals surface area contributed by atoms with E-state index in [1.165, 1.54) is 0 Å². The molecule has 36 heteroatoms. The predicted octanol–water partition coefficient (Wildman–Crippen LogP) is 3.06. The Morgan fingerprint density at radius 3 is 0.578 bits per heavy atom. The van der Waals surface area contributed by atoms with Crippen LogP contribution >= 0.6 is 60.8 Å². The van der Waals surface area contributed by atoms with Gasteiger partial charge in [-0.25, -0.2) is 0 Å². The van der Waals surface area contributed by atoms with Gasteiger partial charge in [0.15, 0.2) is 0 Å². The van der Waals surface area contributed by atoms with E-state index in [4.69, 9.17) is 18.1 Å². The summed E-state index contributed by atoms with van der Waals surface area (Å²) in [5.74, 6) is 0. The molecular weight excluding hydrogens is 1020 g/mol. The highest BCUT2D eigenvalue weighted by atomic mass is 31.3. The van der Waals surface area contributed by atoms with Crippen LogP contribution in [0.2, 0.25) is 0 Å². The third-order valence-corrected chi connectivity index (χ3v) is 26.1. The second-order valence-corrected chi connectivity index (χ2v) is 30.7. The molecule has 1 rings (SSSR count). The Kier molecular flexibility index (Phi) is 26.6. The van der Waals surface area contributed by atoms with Crippen LogP contribution < -0.4 is 0 Å². The van der Waals surface area contributed by atoms with Crippen LogP contribution in [0.3, 0.4) is 0 Å². The van der Waals surface area contributed by atoms with Crippen molar-refractivity contribution < 1.29 is 113 Å². The standard InChI is InChI=1S/C28H68N4O24P8/c1-5-9-21-53-61(45,46)25(57(33,34)35)29-13-15-30(26(58(36,37)38)62(47,48)54-22-10-6-2)17-19-32(28(60(42,43)44)64(51,52)56-24-12-8-4)20-18-31(16-14-29)27(59(39,40)41)63(49,50)55-23-11-7-3/h25-28H,5-24H2,1-4H3,(H,45,46)(H,47,48)(H,49,50)(H,51,52)(H2,33,34,35)(H2,36,37,38)(H2,39,40,41)(H2,42,43,44). The fourth-order valence-corrected chi connectivity index (χ4v) is 20.6. The molecule has 0 bridgehead atoms. The summed E-state index contributed by atoms with van der Waals surface area (Å²) in [6.45, 7) is -3.79. The molecule has 0 aromatic carbocycles. The van der Waals surface area contributed by atoms with Crippen molar-refractivity contribution in [2.75, 3.05) is 78.8 Å². The minimum atomic E-state index is -5.90. The normalized spacial score (nSPS) is 22.8. The maximum atomic E-state index is 13.7. The smallest absolute Gasteiger partial charge is 0.323 e. The third kappa shape index (κ3) is 20.4. The Labute approximate surface area is 372 Å². The minimum Gasteiger partial charge on any atom is -0.323 e.